The van der Waals surface area contributed by atoms with Crippen LogP contribution in [-0.2, 0) is 13.0 Å². The zero-order valence-corrected chi connectivity index (χ0v) is 16.7. The van der Waals surface area contributed by atoms with Crippen LogP contribution in [0.15, 0.2) is 70.5 Å². The molecule has 1 saturated heterocycles. The van der Waals surface area contributed by atoms with Gasteiger partial charge in [-0.1, -0.05) is 36.4 Å². The molecule has 0 unspecified atom stereocenters. The molecule has 1 amide bonds. The highest BCUT2D eigenvalue weighted by Gasteiger charge is 2.26. The van der Waals surface area contributed by atoms with Crippen molar-refractivity contribution in [2.45, 2.75) is 25.8 Å². The van der Waals surface area contributed by atoms with Gasteiger partial charge in [0.1, 0.15) is 5.56 Å². The number of aromatic amines is 1. The Morgan fingerprint density at radius 2 is 1.77 bits per heavy atom. The second-order valence-corrected chi connectivity index (χ2v) is 7.65. The zero-order valence-electron chi connectivity index (χ0n) is 16.7. The number of hydrogen-bond donors (Lipinski definition) is 1. The van der Waals surface area contributed by atoms with Gasteiger partial charge in [0.15, 0.2) is 0 Å². The van der Waals surface area contributed by atoms with E-state index in [-0.39, 0.29) is 18.0 Å². The minimum Gasteiger partial charge on any atom is -0.338 e. The largest absolute Gasteiger partial charge is 0.338 e. The number of carbonyl (C=O) groups excluding carboxylic acids is 1. The van der Waals surface area contributed by atoms with E-state index in [1.807, 2.05) is 18.2 Å². The summed E-state index contributed by atoms with van der Waals surface area (Å²) in [5.74, 6) is 0.192. The van der Waals surface area contributed by atoms with Gasteiger partial charge in [0.2, 0.25) is 0 Å². The van der Waals surface area contributed by atoms with E-state index in [9.17, 15) is 14.4 Å². The number of nitrogens with zero attached hydrogens (tertiary/aromatic N) is 3. The summed E-state index contributed by atoms with van der Waals surface area (Å²) < 4.78 is 1.03. The van der Waals surface area contributed by atoms with Crippen molar-refractivity contribution in [2.24, 2.45) is 5.92 Å². The minimum absolute atomic E-state index is 0.00737. The van der Waals surface area contributed by atoms with Crippen LogP contribution in [0.5, 0.6) is 0 Å². The van der Waals surface area contributed by atoms with Crippen LogP contribution in [0, 0.1) is 5.92 Å². The van der Waals surface area contributed by atoms with Crippen LogP contribution < -0.4 is 11.2 Å². The first-order chi connectivity index (χ1) is 14.6. The van der Waals surface area contributed by atoms with Crippen molar-refractivity contribution in [3.05, 3.63) is 98.6 Å². The normalized spacial score (nSPS) is 14.6. The molecule has 1 N–H and O–H groups in total. The predicted molar refractivity (Wildman–Crippen MR) is 113 cm³/mol. The lowest BCUT2D eigenvalue weighted by molar-refractivity contribution is 0.0687. The van der Waals surface area contributed by atoms with Crippen LogP contribution in [0.4, 0.5) is 0 Å². The topological polar surface area (TPSA) is 88.1 Å². The minimum atomic E-state index is -0.583. The second-order valence-electron chi connectivity index (χ2n) is 7.65. The van der Waals surface area contributed by atoms with Gasteiger partial charge in [-0.3, -0.25) is 19.1 Å². The number of carbonyl (C=O) groups is 1. The van der Waals surface area contributed by atoms with Crippen molar-refractivity contribution < 1.29 is 4.79 Å². The Kier molecular flexibility index (Phi) is 5.88. The highest BCUT2D eigenvalue weighted by Crippen LogP contribution is 2.22. The number of benzene rings is 1. The molecule has 2 aromatic heterocycles. The number of aromatic nitrogens is 3. The van der Waals surface area contributed by atoms with Gasteiger partial charge < -0.3 is 9.88 Å². The Morgan fingerprint density at radius 3 is 2.47 bits per heavy atom. The molecule has 0 saturated carbocycles. The van der Waals surface area contributed by atoms with Gasteiger partial charge in [-0.15, -0.1) is 0 Å². The Balaban J connectivity index is 1.46. The van der Waals surface area contributed by atoms with E-state index < -0.39 is 11.2 Å². The number of likely N-dealkylation sites (tertiary alicyclic amines) is 1. The Morgan fingerprint density at radius 1 is 1.03 bits per heavy atom. The number of pyridine rings is 1. The molecule has 0 bridgehead atoms. The fourth-order valence-corrected chi connectivity index (χ4v) is 3.92. The third kappa shape index (κ3) is 4.40. The maximum absolute atomic E-state index is 13.0. The van der Waals surface area contributed by atoms with Crippen molar-refractivity contribution in [3.63, 3.8) is 0 Å². The smallest absolute Gasteiger partial charge is 0.328 e. The number of hydrogen-bond acceptors (Lipinski definition) is 4. The molecule has 0 spiro atoms. The van der Waals surface area contributed by atoms with E-state index in [2.05, 4.69) is 22.1 Å². The van der Waals surface area contributed by atoms with Crippen molar-refractivity contribution in [2.75, 3.05) is 13.1 Å². The lowest BCUT2D eigenvalue weighted by atomic mass is 9.90. The van der Waals surface area contributed by atoms with Gasteiger partial charge in [-0.2, -0.15) is 0 Å². The molecule has 0 radical (unpaired) electrons. The van der Waals surface area contributed by atoms with E-state index in [4.69, 9.17) is 0 Å². The summed E-state index contributed by atoms with van der Waals surface area (Å²) in [7, 11) is 0. The van der Waals surface area contributed by atoms with Crippen molar-refractivity contribution in [1.82, 2.24) is 19.4 Å². The summed E-state index contributed by atoms with van der Waals surface area (Å²) in [5.41, 5.74) is 0.744. The van der Waals surface area contributed by atoms with E-state index in [1.165, 1.54) is 11.8 Å². The number of piperidine rings is 1. The molecular formula is C23H24N4O3. The summed E-state index contributed by atoms with van der Waals surface area (Å²) in [4.78, 5) is 46.4. The Hall–Kier alpha value is -3.48. The first-order valence-electron chi connectivity index (χ1n) is 10.2. The average molecular weight is 404 g/mol. The molecule has 1 fully saturated rings. The fraction of sp³-hybridized carbons (Fsp3) is 0.304. The standard InChI is InChI=1S/C23H24N4O3/c28-21(26-12-9-18(10-13-26)14-17-6-2-1-3-7-17)20-15-25-23(30)27(22(20)29)16-19-8-4-5-11-24-19/h1-8,11,15,18H,9-10,12-14,16H2,(H,25,30). The molecule has 4 rings (SSSR count). The van der Waals surface area contributed by atoms with Crippen molar-refractivity contribution in [3.8, 4) is 0 Å². The van der Waals surface area contributed by atoms with Gasteiger partial charge in [0.25, 0.3) is 11.5 Å². The van der Waals surface area contributed by atoms with Gasteiger partial charge >= 0.3 is 5.69 Å². The average Bonchev–Trinajstić information content (AvgIpc) is 2.78. The SMILES string of the molecule is O=C(c1c[nH]c(=O)n(Cc2ccccn2)c1=O)N1CCC(Cc2ccccc2)CC1. The third-order valence-electron chi connectivity index (χ3n) is 5.61. The summed E-state index contributed by atoms with van der Waals surface area (Å²) in [6.07, 6.45) is 5.62. The highest BCUT2D eigenvalue weighted by atomic mass is 16.2. The lowest BCUT2D eigenvalue weighted by Crippen LogP contribution is -2.44. The van der Waals surface area contributed by atoms with Crippen LogP contribution in [-0.4, -0.2) is 38.4 Å². The van der Waals surface area contributed by atoms with Gasteiger partial charge in [-0.25, -0.2) is 4.79 Å². The molecule has 0 aliphatic carbocycles. The Labute approximate surface area is 174 Å². The number of amides is 1. The fourth-order valence-electron chi connectivity index (χ4n) is 3.92. The van der Waals surface area contributed by atoms with Crippen LogP contribution in [0.2, 0.25) is 0 Å². The monoisotopic (exact) mass is 404 g/mol. The first-order valence-corrected chi connectivity index (χ1v) is 10.2. The van der Waals surface area contributed by atoms with Crippen molar-refractivity contribution >= 4 is 5.91 Å². The molecule has 1 aliphatic rings. The van der Waals surface area contributed by atoms with Crippen LogP contribution in [0.1, 0.15) is 34.5 Å². The van der Waals surface area contributed by atoms with E-state index in [1.54, 1.807) is 29.3 Å². The summed E-state index contributed by atoms with van der Waals surface area (Å²) in [6.45, 7) is 1.24. The Bertz CT molecular complexity index is 1110. The molecular weight excluding hydrogens is 380 g/mol. The van der Waals surface area contributed by atoms with Gasteiger partial charge in [0.05, 0.1) is 12.2 Å². The molecule has 3 heterocycles. The molecule has 7 heteroatoms. The van der Waals surface area contributed by atoms with Gasteiger partial charge in [0, 0.05) is 25.5 Å². The van der Waals surface area contributed by atoms with E-state index >= 15 is 0 Å². The van der Waals surface area contributed by atoms with Crippen LogP contribution >= 0.6 is 0 Å². The summed E-state index contributed by atoms with van der Waals surface area (Å²) >= 11 is 0. The van der Waals surface area contributed by atoms with Crippen LogP contribution in [0.3, 0.4) is 0 Å². The highest BCUT2D eigenvalue weighted by molar-refractivity contribution is 5.93. The predicted octanol–water partition coefficient (Wildman–Crippen LogP) is 2.07. The molecule has 0 atom stereocenters. The molecule has 154 valence electrons. The zero-order chi connectivity index (χ0) is 20.9. The van der Waals surface area contributed by atoms with E-state index in [0.717, 1.165) is 23.8 Å². The summed E-state index contributed by atoms with van der Waals surface area (Å²) in [5, 5.41) is 0. The second kappa shape index (κ2) is 8.90. The maximum Gasteiger partial charge on any atom is 0.328 e. The van der Waals surface area contributed by atoms with Crippen LogP contribution in [0.25, 0.3) is 0 Å². The van der Waals surface area contributed by atoms with Gasteiger partial charge in [-0.05, 0) is 42.9 Å². The lowest BCUT2D eigenvalue weighted by Gasteiger charge is -2.32. The van der Waals surface area contributed by atoms with Crippen molar-refractivity contribution in [1.29, 1.82) is 0 Å². The number of H-pyrrole nitrogens is 1. The molecule has 30 heavy (non-hydrogen) atoms. The molecule has 7 nitrogen and oxygen atoms in total. The quantitative estimate of drug-likeness (QED) is 0.705. The first kappa shape index (κ1) is 19.8. The number of rotatable bonds is 5. The van der Waals surface area contributed by atoms with E-state index in [0.29, 0.717) is 24.7 Å². The molecule has 1 aliphatic heterocycles. The maximum atomic E-state index is 13.0. The summed E-state index contributed by atoms with van der Waals surface area (Å²) in [6, 6.07) is 15.6. The number of nitrogens with one attached hydrogen (secondary N) is 1. The molecule has 1 aromatic carbocycles. The molecule has 3 aromatic rings. The third-order valence-corrected chi connectivity index (χ3v) is 5.61.